The maximum absolute atomic E-state index is 12.5. The largest absolute Gasteiger partial charge is 0.326 e. The number of hydrogen-bond acceptors (Lipinski definition) is 5. The standard InChI is InChI=1S/C15H19N3O4S/c1-9-15(20)18(14-8-23(21,22)7-13(14)16-9)12-5-3-11(4-6-12)17-10(2)19/h3-6,9,13-14,16H,7-8H2,1-2H3,(H,17,19)/t9-,13+,14-/m0/s1. The molecule has 7 nitrogen and oxygen atoms in total. The highest BCUT2D eigenvalue weighted by atomic mass is 32.2. The maximum atomic E-state index is 12.5. The van der Waals surface area contributed by atoms with E-state index in [-0.39, 0.29) is 29.4 Å². The summed E-state index contributed by atoms with van der Waals surface area (Å²) in [6.07, 6.45) is 0. The first-order valence-corrected chi connectivity index (χ1v) is 9.26. The topological polar surface area (TPSA) is 95.6 Å². The first kappa shape index (κ1) is 15.9. The number of fused-ring (bicyclic) bond motifs is 1. The highest BCUT2D eigenvalue weighted by molar-refractivity contribution is 7.91. The lowest BCUT2D eigenvalue weighted by Crippen LogP contribution is -2.64. The summed E-state index contributed by atoms with van der Waals surface area (Å²) in [5, 5.41) is 5.76. The van der Waals surface area contributed by atoms with E-state index in [0.29, 0.717) is 11.4 Å². The van der Waals surface area contributed by atoms with Gasteiger partial charge in [-0.2, -0.15) is 0 Å². The Kier molecular flexibility index (Phi) is 3.89. The van der Waals surface area contributed by atoms with Crippen LogP contribution in [0, 0.1) is 0 Å². The molecule has 2 amide bonds. The summed E-state index contributed by atoms with van der Waals surface area (Å²) in [7, 11) is -3.15. The first-order chi connectivity index (χ1) is 10.8. The molecule has 124 valence electrons. The van der Waals surface area contributed by atoms with Crippen LogP contribution in [0.1, 0.15) is 13.8 Å². The molecule has 23 heavy (non-hydrogen) atoms. The van der Waals surface area contributed by atoms with Gasteiger partial charge in [-0.15, -0.1) is 0 Å². The molecule has 2 aliphatic heterocycles. The third kappa shape index (κ3) is 3.09. The van der Waals surface area contributed by atoms with Gasteiger partial charge in [0.2, 0.25) is 11.8 Å². The van der Waals surface area contributed by atoms with E-state index < -0.39 is 21.9 Å². The Hall–Kier alpha value is -1.93. The number of sulfone groups is 1. The average Bonchev–Trinajstić information content (AvgIpc) is 2.74. The molecule has 1 aromatic rings. The van der Waals surface area contributed by atoms with Gasteiger partial charge in [0.25, 0.3) is 0 Å². The summed E-state index contributed by atoms with van der Waals surface area (Å²) in [6, 6.07) is 5.79. The van der Waals surface area contributed by atoms with Crippen LogP contribution < -0.4 is 15.5 Å². The number of nitrogens with one attached hydrogen (secondary N) is 2. The van der Waals surface area contributed by atoms with E-state index in [2.05, 4.69) is 10.6 Å². The summed E-state index contributed by atoms with van der Waals surface area (Å²) in [5.74, 6) is -0.297. The molecule has 2 aliphatic rings. The number of benzene rings is 1. The summed E-state index contributed by atoms with van der Waals surface area (Å²) in [6.45, 7) is 3.16. The van der Waals surface area contributed by atoms with Gasteiger partial charge < -0.3 is 15.5 Å². The molecular formula is C15H19N3O4S. The Morgan fingerprint density at radius 2 is 1.91 bits per heavy atom. The number of amides is 2. The number of anilines is 2. The first-order valence-electron chi connectivity index (χ1n) is 7.44. The Bertz CT molecular complexity index is 744. The van der Waals surface area contributed by atoms with Crippen molar-refractivity contribution in [2.45, 2.75) is 32.0 Å². The van der Waals surface area contributed by atoms with Crippen LogP contribution in [-0.2, 0) is 19.4 Å². The van der Waals surface area contributed by atoms with E-state index in [0.717, 1.165) is 0 Å². The molecule has 0 spiro atoms. The molecule has 0 aliphatic carbocycles. The predicted octanol–water partition coefficient (Wildman–Crippen LogP) is 0.135. The molecule has 2 heterocycles. The number of rotatable bonds is 2. The van der Waals surface area contributed by atoms with E-state index in [1.165, 1.54) is 6.92 Å². The Morgan fingerprint density at radius 1 is 1.26 bits per heavy atom. The zero-order valence-corrected chi connectivity index (χ0v) is 13.8. The molecule has 0 radical (unpaired) electrons. The molecule has 3 atom stereocenters. The van der Waals surface area contributed by atoms with Crippen LogP contribution in [0.4, 0.5) is 11.4 Å². The molecule has 0 bridgehead atoms. The lowest BCUT2D eigenvalue weighted by atomic mass is 10.0. The molecule has 8 heteroatoms. The minimum Gasteiger partial charge on any atom is -0.326 e. The van der Waals surface area contributed by atoms with Crippen LogP contribution in [0.2, 0.25) is 0 Å². The van der Waals surface area contributed by atoms with Crippen LogP contribution in [0.3, 0.4) is 0 Å². The molecule has 0 saturated carbocycles. The summed E-state index contributed by atoms with van der Waals surface area (Å²) in [4.78, 5) is 25.2. The zero-order chi connectivity index (χ0) is 16.8. The summed E-state index contributed by atoms with van der Waals surface area (Å²) >= 11 is 0. The van der Waals surface area contributed by atoms with Gasteiger partial charge in [0.05, 0.1) is 23.6 Å². The van der Waals surface area contributed by atoms with Gasteiger partial charge in [0, 0.05) is 24.3 Å². The van der Waals surface area contributed by atoms with E-state index >= 15 is 0 Å². The number of carbonyl (C=O) groups excluding carboxylic acids is 2. The third-order valence-electron chi connectivity index (χ3n) is 4.19. The van der Waals surface area contributed by atoms with Crippen LogP contribution in [-0.4, -0.2) is 49.9 Å². The Morgan fingerprint density at radius 3 is 2.52 bits per heavy atom. The number of hydrogen-bond donors (Lipinski definition) is 2. The second-order valence-electron chi connectivity index (χ2n) is 6.08. The predicted molar refractivity (Wildman–Crippen MR) is 87.1 cm³/mol. The molecule has 1 aromatic carbocycles. The number of carbonyl (C=O) groups is 2. The fourth-order valence-corrected chi connectivity index (χ4v) is 5.14. The van der Waals surface area contributed by atoms with Gasteiger partial charge in [-0.1, -0.05) is 0 Å². The van der Waals surface area contributed by atoms with Crippen molar-refractivity contribution in [2.75, 3.05) is 21.7 Å². The lowest BCUT2D eigenvalue weighted by Gasteiger charge is -2.40. The fraction of sp³-hybridized carbons (Fsp3) is 0.467. The zero-order valence-electron chi connectivity index (χ0n) is 12.9. The van der Waals surface area contributed by atoms with Crippen molar-refractivity contribution in [3.63, 3.8) is 0 Å². The van der Waals surface area contributed by atoms with Crippen molar-refractivity contribution in [1.29, 1.82) is 0 Å². The molecule has 3 rings (SSSR count). The molecule has 2 fully saturated rings. The fourth-order valence-electron chi connectivity index (χ4n) is 3.23. The summed E-state index contributed by atoms with van der Waals surface area (Å²) in [5.41, 5.74) is 1.28. The van der Waals surface area contributed by atoms with Gasteiger partial charge in [-0.05, 0) is 31.2 Å². The van der Waals surface area contributed by atoms with Gasteiger partial charge in [-0.3, -0.25) is 9.59 Å². The van der Waals surface area contributed by atoms with Gasteiger partial charge in [0.15, 0.2) is 9.84 Å². The lowest BCUT2D eigenvalue weighted by molar-refractivity contribution is -0.122. The van der Waals surface area contributed by atoms with Crippen LogP contribution >= 0.6 is 0 Å². The highest BCUT2D eigenvalue weighted by Crippen LogP contribution is 2.29. The molecule has 0 unspecified atom stereocenters. The van der Waals surface area contributed by atoms with Crippen molar-refractivity contribution in [3.05, 3.63) is 24.3 Å². The van der Waals surface area contributed by atoms with Crippen molar-refractivity contribution in [3.8, 4) is 0 Å². The molecular weight excluding hydrogens is 318 g/mol. The minimum absolute atomic E-state index is 0.0312. The molecule has 0 aromatic heterocycles. The van der Waals surface area contributed by atoms with E-state index in [9.17, 15) is 18.0 Å². The average molecular weight is 337 g/mol. The van der Waals surface area contributed by atoms with E-state index in [1.54, 1.807) is 36.1 Å². The number of piperazine rings is 1. The van der Waals surface area contributed by atoms with Crippen molar-refractivity contribution < 1.29 is 18.0 Å². The second kappa shape index (κ2) is 5.61. The molecule has 2 N–H and O–H groups in total. The third-order valence-corrected chi connectivity index (χ3v) is 5.91. The second-order valence-corrected chi connectivity index (χ2v) is 8.23. The van der Waals surface area contributed by atoms with Crippen molar-refractivity contribution in [1.82, 2.24) is 5.32 Å². The minimum atomic E-state index is -3.15. The monoisotopic (exact) mass is 337 g/mol. The number of nitrogens with zero attached hydrogens (tertiary/aromatic N) is 1. The summed E-state index contributed by atoms with van der Waals surface area (Å²) < 4.78 is 23.9. The van der Waals surface area contributed by atoms with Gasteiger partial charge in [-0.25, -0.2) is 8.42 Å². The van der Waals surface area contributed by atoms with Crippen molar-refractivity contribution in [2.24, 2.45) is 0 Å². The van der Waals surface area contributed by atoms with Crippen molar-refractivity contribution >= 4 is 33.0 Å². The van der Waals surface area contributed by atoms with Crippen LogP contribution in [0.5, 0.6) is 0 Å². The smallest absolute Gasteiger partial charge is 0.244 e. The van der Waals surface area contributed by atoms with Gasteiger partial charge in [0.1, 0.15) is 0 Å². The SMILES string of the molecule is CC(=O)Nc1ccc(N2C(=O)[C@H](C)N[C@@H]3CS(=O)(=O)C[C@@H]32)cc1. The quantitative estimate of drug-likeness (QED) is 0.800. The van der Waals surface area contributed by atoms with Gasteiger partial charge >= 0.3 is 0 Å². The normalized spacial score (nSPS) is 29.2. The van der Waals surface area contributed by atoms with Crippen LogP contribution in [0.25, 0.3) is 0 Å². The maximum Gasteiger partial charge on any atom is 0.244 e. The Balaban J connectivity index is 1.92. The van der Waals surface area contributed by atoms with E-state index in [1.807, 2.05) is 0 Å². The van der Waals surface area contributed by atoms with E-state index in [4.69, 9.17) is 0 Å². The molecule has 2 saturated heterocycles. The Labute approximate surface area is 135 Å². The van der Waals surface area contributed by atoms with Crippen LogP contribution in [0.15, 0.2) is 24.3 Å². The highest BCUT2D eigenvalue weighted by Gasteiger charge is 2.48.